The van der Waals surface area contributed by atoms with Gasteiger partial charge in [0.05, 0.1) is 39.9 Å². The van der Waals surface area contributed by atoms with Crippen molar-refractivity contribution in [1.29, 1.82) is 0 Å². The first-order valence-corrected chi connectivity index (χ1v) is 29.3. The van der Waals surface area contributed by atoms with E-state index < -0.39 is 20.0 Å². The minimum atomic E-state index is -4.34. The Labute approximate surface area is 414 Å². The number of phosphoric ester groups is 1. The molecule has 0 saturated heterocycles. The normalized spacial score (nSPS) is 14.6. The zero-order chi connectivity index (χ0) is 49.2. The number of carbonyl (C=O) groups is 1. The first kappa shape index (κ1) is 64.9. The Balaban J connectivity index is 3.83. The number of unbranched alkanes of at least 4 members (excludes halogenated alkanes) is 27. The number of allylic oxidation sites excluding steroid dienone is 11. The Hall–Kier alpha value is -2.06. The second-order valence-electron chi connectivity index (χ2n) is 19.9. The van der Waals surface area contributed by atoms with Gasteiger partial charge in [0.1, 0.15) is 13.2 Å². The highest BCUT2D eigenvalue weighted by Crippen LogP contribution is 2.43. The van der Waals surface area contributed by atoms with Gasteiger partial charge in [0, 0.05) is 6.42 Å². The summed E-state index contributed by atoms with van der Waals surface area (Å²) in [5, 5.41) is 13.7. The van der Waals surface area contributed by atoms with Crippen LogP contribution in [-0.4, -0.2) is 73.4 Å². The van der Waals surface area contributed by atoms with Crippen LogP contribution in [0.15, 0.2) is 72.9 Å². The largest absolute Gasteiger partial charge is 0.472 e. The monoisotopic (exact) mass is 960 g/mol. The lowest BCUT2D eigenvalue weighted by Gasteiger charge is -2.25. The fourth-order valence-electron chi connectivity index (χ4n) is 7.80. The molecule has 0 aromatic heterocycles. The van der Waals surface area contributed by atoms with Crippen molar-refractivity contribution >= 4 is 13.7 Å². The number of rotatable bonds is 50. The summed E-state index contributed by atoms with van der Waals surface area (Å²) in [4.78, 5) is 23.1. The summed E-state index contributed by atoms with van der Waals surface area (Å²) < 4.78 is 23.5. The van der Waals surface area contributed by atoms with E-state index in [0.717, 1.165) is 64.2 Å². The maximum atomic E-state index is 12.9. The first-order valence-electron chi connectivity index (χ1n) is 27.8. The van der Waals surface area contributed by atoms with Gasteiger partial charge in [0.15, 0.2) is 0 Å². The number of amides is 1. The molecule has 0 aromatic carbocycles. The number of aliphatic hydroxyl groups is 1. The molecule has 0 aliphatic rings. The zero-order valence-corrected chi connectivity index (χ0v) is 45.3. The van der Waals surface area contributed by atoms with Gasteiger partial charge in [-0.15, -0.1) is 0 Å². The van der Waals surface area contributed by atoms with Crippen LogP contribution in [0.3, 0.4) is 0 Å². The number of likely N-dealkylation sites (N-methyl/N-ethyl adjacent to an activating group) is 1. The van der Waals surface area contributed by atoms with Crippen molar-refractivity contribution in [3.05, 3.63) is 72.9 Å². The van der Waals surface area contributed by atoms with Crippen LogP contribution in [0.2, 0.25) is 0 Å². The van der Waals surface area contributed by atoms with Crippen LogP contribution in [-0.2, 0) is 18.4 Å². The second-order valence-corrected chi connectivity index (χ2v) is 21.4. The van der Waals surface area contributed by atoms with Crippen LogP contribution in [0.4, 0.5) is 0 Å². The van der Waals surface area contributed by atoms with Gasteiger partial charge in [0.2, 0.25) is 5.91 Å². The fraction of sp³-hybridized carbons (Fsp3) is 0.776. The quantitative estimate of drug-likeness (QED) is 0.0243. The summed E-state index contributed by atoms with van der Waals surface area (Å²) in [6.45, 7) is 4.61. The predicted molar refractivity (Wildman–Crippen MR) is 290 cm³/mol. The van der Waals surface area contributed by atoms with Gasteiger partial charge >= 0.3 is 7.82 Å². The van der Waals surface area contributed by atoms with Crippen LogP contribution < -0.4 is 5.32 Å². The maximum absolute atomic E-state index is 12.9. The maximum Gasteiger partial charge on any atom is 0.472 e. The van der Waals surface area contributed by atoms with E-state index in [1.807, 2.05) is 27.2 Å². The molecule has 0 spiro atoms. The Morgan fingerprint density at radius 1 is 0.522 bits per heavy atom. The van der Waals surface area contributed by atoms with Gasteiger partial charge in [-0.3, -0.25) is 13.8 Å². The van der Waals surface area contributed by atoms with Crippen LogP contribution in [0.5, 0.6) is 0 Å². The van der Waals surface area contributed by atoms with Crippen molar-refractivity contribution in [3.63, 3.8) is 0 Å². The molecule has 67 heavy (non-hydrogen) atoms. The van der Waals surface area contributed by atoms with Crippen molar-refractivity contribution < 1.29 is 32.9 Å². The van der Waals surface area contributed by atoms with Crippen molar-refractivity contribution in [2.24, 2.45) is 0 Å². The Morgan fingerprint density at radius 3 is 1.37 bits per heavy atom. The minimum Gasteiger partial charge on any atom is -0.387 e. The van der Waals surface area contributed by atoms with E-state index in [1.165, 1.54) is 154 Å². The third-order valence-electron chi connectivity index (χ3n) is 12.2. The second kappa shape index (κ2) is 48.9. The van der Waals surface area contributed by atoms with E-state index in [2.05, 4.69) is 79.9 Å². The molecule has 8 nitrogen and oxygen atoms in total. The molecule has 0 aliphatic heterocycles. The van der Waals surface area contributed by atoms with Gasteiger partial charge in [0.25, 0.3) is 0 Å². The summed E-state index contributed by atoms with van der Waals surface area (Å²) >= 11 is 0. The molecule has 0 rings (SSSR count). The number of nitrogens with one attached hydrogen (secondary N) is 1. The lowest BCUT2D eigenvalue weighted by molar-refractivity contribution is -0.870. The highest BCUT2D eigenvalue weighted by atomic mass is 31.2. The van der Waals surface area contributed by atoms with E-state index in [9.17, 15) is 19.4 Å². The fourth-order valence-corrected chi connectivity index (χ4v) is 8.54. The third kappa shape index (κ3) is 51.6. The molecule has 0 aliphatic carbocycles. The molecule has 0 saturated carbocycles. The molecule has 0 aromatic rings. The summed E-state index contributed by atoms with van der Waals surface area (Å²) in [6, 6.07) is -0.861. The molecule has 0 heterocycles. The Bertz CT molecular complexity index is 1320. The molecule has 1 amide bonds. The van der Waals surface area contributed by atoms with Crippen LogP contribution in [0.1, 0.15) is 239 Å². The van der Waals surface area contributed by atoms with E-state index in [1.54, 1.807) is 6.08 Å². The van der Waals surface area contributed by atoms with Crippen LogP contribution >= 0.6 is 7.82 Å². The molecule has 390 valence electrons. The molecule has 0 fully saturated rings. The predicted octanol–water partition coefficient (Wildman–Crippen LogP) is 16.7. The standard InChI is InChI=1S/C58H107N2O6P/c1-6-8-10-12-14-16-17-18-19-20-21-22-23-24-25-26-27-28-29-30-31-32-33-34-35-36-37-38-39-40-41-42-43-44-46-48-50-52-58(62)59-56(55-66-67(63,64)65-54-53-60(3,4)5)57(61)51-49-47-45-15-13-11-9-7-2/h8,10,13-16,18-19,21-22,49,51,56-57,61H,6-7,9,11-12,17,20,23-48,50,52-55H2,1-5H3,(H-,59,62,63,64)/p+1/b10-8-,15-13+,16-14-,19-18-,22-21-,51-49+. The van der Waals surface area contributed by atoms with Gasteiger partial charge < -0.3 is 19.8 Å². The topological polar surface area (TPSA) is 105 Å². The van der Waals surface area contributed by atoms with Gasteiger partial charge in [-0.05, 0) is 64.2 Å². The number of hydrogen-bond acceptors (Lipinski definition) is 5. The molecule has 0 bridgehead atoms. The smallest absolute Gasteiger partial charge is 0.387 e. The molecule has 3 N–H and O–H groups in total. The van der Waals surface area contributed by atoms with Crippen molar-refractivity contribution in [3.8, 4) is 0 Å². The zero-order valence-electron chi connectivity index (χ0n) is 44.4. The highest BCUT2D eigenvalue weighted by Gasteiger charge is 2.27. The minimum absolute atomic E-state index is 0.0553. The van der Waals surface area contributed by atoms with Crippen LogP contribution in [0, 0.1) is 0 Å². The summed E-state index contributed by atoms with van der Waals surface area (Å²) in [5.74, 6) is -0.189. The lowest BCUT2D eigenvalue weighted by atomic mass is 10.0. The number of aliphatic hydroxyl groups excluding tert-OH is 1. The average molecular weight is 960 g/mol. The number of phosphoric acid groups is 1. The number of quaternary nitrogens is 1. The first-order chi connectivity index (χ1) is 32.5. The van der Waals surface area contributed by atoms with E-state index in [4.69, 9.17) is 9.05 Å². The van der Waals surface area contributed by atoms with Gasteiger partial charge in [-0.25, -0.2) is 4.57 Å². The lowest BCUT2D eigenvalue weighted by Crippen LogP contribution is -2.45. The van der Waals surface area contributed by atoms with Gasteiger partial charge in [-0.1, -0.05) is 241 Å². The van der Waals surface area contributed by atoms with Crippen molar-refractivity contribution in [2.45, 2.75) is 251 Å². The van der Waals surface area contributed by atoms with Crippen LogP contribution in [0.25, 0.3) is 0 Å². The molecular formula is C58H108N2O6P+. The summed E-state index contributed by atoms with van der Waals surface area (Å²) in [5.41, 5.74) is 0. The van der Waals surface area contributed by atoms with E-state index in [0.29, 0.717) is 17.4 Å². The number of carbonyl (C=O) groups excluding carboxylic acids is 1. The average Bonchev–Trinajstić information content (AvgIpc) is 3.29. The Kier molecular flexibility index (Phi) is 47.4. The Morgan fingerprint density at radius 2 is 0.910 bits per heavy atom. The third-order valence-corrected chi connectivity index (χ3v) is 13.1. The molecule has 3 atom stereocenters. The SMILES string of the molecule is CC/C=C\C/C=C\C/C=C\C/C=C\CCCCCCCCCCCCCCCCCCCCCCCCCCC(=O)NC(COP(=O)(O)OCC[N+](C)(C)C)C(O)/C=C/CC/C=C/CCCC. The van der Waals surface area contributed by atoms with Gasteiger partial charge in [-0.2, -0.15) is 0 Å². The van der Waals surface area contributed by atoms with E-state index >= 15 is 0 Å². The summed E-state index contributed by atoms with van der Waals surface area (Å²) in [7, 11) is 1.55. The molecule has 0 radical (unpaired) electrons. The summed E-state index contributed by atoms with van der Waals surface area (Å²) in [6.07, 6.45) is 67.7. The molecule has 3 unspecified atom stereocenters. The number of nitrogens with zero attached hydrogens (tertiary/aromatic N) is 1. The highest BCUT2D eigenvalue weighted by molar-refractivity contribution is 7.47. The van der Waals surface area contributed by atoms with E-state index in [-0.39, 0.29) is 19.1 Å². The molecule has 9 heteroatoms. The van der Waals surface area contributed by atoms with Crippen molar-refractivity contribution in [1.82, 2.24) is 5.32 Å². The molecular weight excluding hydrogens is 852 g/mol. The van der Waals surface area contributed by atoms with Crippen molar-refractivity contribution in [2.75, 3.05) is 40.9 Å². The number of hydrogen-bond donors (Lipinski definition) is 3.